The molecule has 0 radical (unpaired) electrons. The van der Waals surface area contributed by atoms with Crippen molar-refractivity contribution in [3.05, 3.63) is 72.2 Å². The Morgan fingerprint density at radius 2 is 1.93 bits per heavy atom. The van der Waals surface area contributed by atoms with Gasteiger partial charge in [0.15, 0.2) is 5.16 Å². The van der Waals surface area contributed by atoms with Gasteiger partial charge in [0.05, 0.1) is 12.3 Å². The third kappa shape index (κ3) is 4.35. The molecule has 0 aliphatic carbocycles. The molecular formula is C22H23N5OS. The molecule has 148 valence electrons. The summed E-state index contributed by atoms with van der Waals surface area (Å²) >= 11 is 1.40. The molecule has 0 spiro atoms. The number of carbonyl (C=O) groups is 1. The molecule has 7 heteroatoms. The lowest BCUT2D eigenvalue weighted by Gasteiger charge is -2.09. The van der Waals surface area contributed by atoms with Crippen LogP contribution in [0.3, 0.4) is 0 Å². The molecule has 4 aromatic rings. The number of hydrogen-bond donors (Lipinski definition) is 1. The average molecular weight is 406 g/mol. The summed E-state index contributed by atoms with van der Waals surface area (Å²) in [4.78, 5) is 12.5. The molecule has 0 saturated heterocycles. The predicted octanol–water partition coefficient (Wildman–Crippen LogP) is 4.34. The van der Waals surface area contributed by atoms with Crippen LogP contribution in [-0.2, 0) is 17.9 Å². The van der Waals surface area contributed by atoms with Gasteiger partial charge in [0, 0.05) is 29.3 Å². The number of hydrogen-bond acceptors (Lipinski definition) is 4. The lowest BCUT2D eigenvalue weighted by molar-refractivity contribution is -0.113. The van der Waals surface area contributed by atoms with Crippen LogP contribution in [0.25, 0.3) is 10.9 Å². The van der Waals surface area contributed by atoms with Gasteiger partial charge in [0.25, 0.3) is 0 Å². The molecule has 1 amide bonds. The van der Waals surface area contributed by atoms with E-state index in [2.05, 4.69) is 51.4 Å². The maximum absolute atomic E-state index is 12.5. The number of amides is 1. The van der Waals surface area contributed by atoms with E-state index in [4.69, 9.17) is 0 Å². The second-order valence-corrected chi connectivity index (χ2v) is 7.76. The van der Waals surface area contributed by atoms with Crippen LogP contribution in [0.2, 0.25) is 0 Å². The maximum Gasteiger partial charge on any atom is 0.234 e. The highest BCUT2D eigenvalue weighted by Gasteiger charge is 2.13. The van der Waals surface area contributed by atoms with Gasteiger partial charge in [-0.05, 0) is 43.7 Å². The van der Waals surface area contributed by atoms with E-state index < -0.39 is 0 Å². The van der Waals surface area contributed by atoms with Crippen molar-refractivity contribution in [2.75, 3.05) is 11.1 Å². The number of thioether (sulfide) groups is 1. The van der Waals surface area contributed by atoms with Crippen molar-refractivity contribution >= 4 is 34.3 Å². The van der Waals surface area contributed by atoms with Gasteiger partial charge < -0.3 is 14.5 Å². The molecule has 0 fully saturated rings. The summed E-state index contributed by atoms with van der Waals surface area (Å²) in [6, 6.07) is 18.2. The normalized spacial score (nSPS) is 11.1. The zero-order valence-corrected chi connectivity index (χ0v) is 17.3. The highest BCUT2D eigenvalue weighted by atomic mass is 32.2. The van der Waals surface area contributed by atoms with Crippen LogP contribution >= 0.6 is 11.8 Å². The summed E-state index contributed by atoms with van der Waals surface area (Å²) in [7, 11) is 0. The Bertz CT molecular complexity index is 1130. The van der Waals surface area contributed by atoms with Gasteiger partial charge in [-0.1, -0.05) is 42.1 Å². The van der Waals surface area contributed by atoms with Crippen LogP contribution in [-0.4, -0.2) is 31.0 Å². The second kappa shape index (κ2) is 8.53. The predicted molar refractivity (Wildman–Crippen MR) is 117 cm³/mol. The highest BCUT2D eigenvalue weighted by Crippen LogP contribution is 2.22. The largest absolute Gasteiger partial charge is 0.348 e. The average Bonchev–Trinajstić information content (AvgIpc) is 3.30. The third-order valence-corrected chi connectivity index (χ3v) is 5.78. The fraction of sp³-hybridized carbons (Fsp3) is 0.227. The Hall–Kier alpha value is -3.06. The number of fused-ring (bicyclic) bond motifs is 1. The zero-order valence-electron chi connectivity index (χ0n) is 16.5. The molecule has 0 bridgehead atoms. The summed E-state index contributed by atoms with van der Waals surface area (Å²) in [5, 5.41) is 13.3. The number of rotatable bonds is 7. The van der Waals surface area contributed by atoms with Gasteiger partial charge in [-0.25, -0.2) is 0 Å². The standard InChI is InChI=1S/C22H23N5OS/c1-3-26-12-11-18-13-19(9-10-20(18)26)23-21(28)15-29-22-25-24-16(2)27(22)14-17-7-5-4-6-8-17/h4-13H,3,14-15H2,1-2H3,(H,23,28). The number of aromatic nitrogens is 4. The Kier molecular flexibility index (Phi) is 5.67. The van der Waals surface area contributed by atoms with E-state index in [0.29, 0.717) is 6.54 Å². The summed E-state index contributed by atoms with van der Waals surface area (Å²) in [5.74, 6) is 1.06. The van der Waals surface area contributed by atoms with Gasteiger partial charge in [-0.3, -0.25) is 4.79 Å². The molecule has 0 atom stereocenters. The minimum atomic E-state index is -0.0591. The smallest absolute Gasteiger partial charge is 0.234 e. The molecule has 2 aromatic heterocycles. The molecule has 2 heterocycles. The van der Waals surface area contributed by atoms with Crippen molar-refractivity contribution in [2.24, 2.45) is 0 Å². The molecule has 4 rings (SSSR count). The first kappa shape index (κ1) is 19.3. The minimum absolute atomic E-state index is 0.0591. The van der Waals surface area contributed by atoms with Gasteiger partial charge >= 0.3 is 0 Å². The molecule has 1 N–H and O–H groups in total. The Morgan fingerprint density at radius 3 is 2.72 bits per heavy atom. The van der Waals surface area contributed by atoms with Crippen molar-refractivity contribution in [1.29, 1.82) is 0 Å². The number of carbonyl (C=O) groups excluding carboxylic acids is 1. The number of nitrogens with zero attached hydrogens (tertiary/aromatic N) is 4. The van der Waals surface area contributed by atoms with E-state index in [1.807, 2.05) is 47.9 Å². The molecule has 6 nitrogen and oxygen atoms in total. The van der Waals surface area contributed by atoms with Crippen molar-refractivity contribution in [3.8, 4) is 0 Å². The minimum Gasteiger partial charge on any atom is -0.348 e. The van der Waals surface area contributed by atoms with Crippen LogP contribution in [0.1, 0.15) is 18.3 Å². The second-order valence-electron chi connectivity index (χ2n) is 6.81. The fourth-order valence-corrected chi connectivity index (χ4v) is 4.08. The first-order valence-corrected chi connectivity index (χ1v) is 10.6. The van der Waals surface area contributed by atoms with E-state index in [1.54, 1.807) is 0 Å². The molecule has 0 saturated carbocycles. The van der Waals surface area contributed by atoms with Crippen LogP contribution in [0.5, 0.6) is 0 Å². The van der Waals surface area contributed by atoms with Crippen LogP contribution < -0.4 is 5.32 Å². The van der Waals surface area contributed by atoms with Gasteiger partial charge in [0.1, 0.15) is 5.82 Å². The SMILES string of the molecule is CCn1ccc2cc(NC(=O)CSc3nnc(C)n3Cc3ccccc3)ccc21. The van der Waals surface area contributed by atoms with E-state index in [9.17, 15) is 4.79 Å². The maximum atomic E-state index is 12.5. The monoisotopic (exact) mass is 405 g/mol. The Balaban J connectivity index is 1.40. The molecule has 0 unspecified atom stereocenters. The van der Waals surface area contributed by atoms with Crippen molar-refractivity contribution in [2.45, 2.75) is 32.1 Å². The Morgan fingerprint density at radius 1 is 1.10 bits per heavy atom. The first-order chi connectivity index (χ1) is 14.1. The van der Waals surface area contributed by atoms with Crippen LogP contribution in [0, 0.1) is 6.92 Å². The number of anilines is 1. The molecule has 0 aliphatic rings. The van der Waals surface area contributed by atoms with E-state index in [0.717, 1.165) is 28.6 Å². The van der Waals surface area contributed by atoms with Crippen molar-refractivity contribution in [3.63, 3.8) is 0 Å². The number of benzene rings is 2. The lowest BCUT2D eigenvalue weighted by Crippen LogP contribution is -2.14. The lowest BCUT2D eigenvalue weighted by atomic mass is 10.2. The van der Waals surface area contributed by atoms with Gasteiger partial charge in [0.2, 0.25) is 5.91 Å². The van der Waals surface area contributed by atoms with Crippen molar-refractivity contribution < 1.29 is 4.79 Å². The quantitative estimate of drug-likeness (QED) is 0.465. The fourth-order valence-electron chi connectivity index (χ4n) is 3.30. The molecule has 2 aromatic carbocycles. The topological polar surface area (TPSA) is 64.7 Å². The molecular weight excluding hydrogens is 382 g/mol. The summed E-state index contributed by atoms with van der Waals surface area (Å²) in [6.07, 6.45) is 2.06. The third-order valence-electron chi connectivity index (χ3n) is 4.81. The molecule has 0 aliphatic heterocycles. The summed E-state index contributed by atoms with van der Waals surface area (Å²) in [6.45, 7) is 5.66. The van der Waals surface area contributed by atoms with Crippen molar-refractivity contribution in [1.82, 2.24) is 19.3 Å². The van der Waals surface area contributed by atoms with Gasteiger partial charge in [-0.15, -0.1) is 10.2 Å². The van der Waals surface area contributed by atoms with E-state index in [-0.39, 0.29) is 11.7 Å². The summed E-state index contributed by atoms with van der Waals surface area (Å²) in [5.41, 5.74) is 3.15. The van der Waals surface area contributed by atoms with E-state index in [1.165, 1.54) is 22.8 Å². The number of nitrogens with one attached hydrogen (secondary N) is 1. The highest BCUT2D eigenvalue weighted by molar-refractivity contribution is 7.99. The van der Waals surface area contributed by atoms with Crippen LogP contribution in [0.4, 0.5) is 5.69 Å². The zero-order chi connectivity index (χ0) is 20.2. The number of aryl methyl sites for hydroxylation is 2. The van der Waals surface area contributed by atoms with Gasteiger partial charge in [-0.2, -0.15) is 0 Å². The first-order valence-electron chi connectivity index (χ1n) is 9.59. The van der Waals surface area contributed by atoms with E-state index >= 15 is 0 Å². The Labute approximate surface area is 173 Å². The van der Waals surface area contributed by atoms with Crippen LogP contribution in [0.15, 0.2) is 66.0 Å². The summed E-state index contributed by atoms with van der Waals surface area (Å²) < 4.78 is 4.21. The molecule has 29 heavy (non-hydrogen) atoms.